The van der Waals surface area contributed by atoms with E-state index in [4.69, 9.17) is 0 Å². The smallest absolute Gasteiger partial charge is 0.252 e. The molecule has 1 aromatic heterocycles. The molecule has 4 rings (SSSR count). The molecule has 2 aromatic rings. The van der Waals surface area contributed by atoms with Gasteiger partial charge in [-0.1, -0.05) is 18.2 Å². The van der Waals surface area contributed by atoms with E-state index in [1.54, 1.807) is 0 Å². The van der Waals surface area contributed by atoms with Crippen molar-refractivity contribution in [3.63, 3.8) is 0 Å². The molecule has 0 radical (unpaired) electrons. The number of carbonyl (C=O) groups is 1. The highest BCUT2D eigenvalue weighted by atomic mass is 16.1. The van der Waals surface area contributed by atoms with E-state index in [1.165, 1.54) is 11.1 Å². The average Bonchev–Trinajstić information content (AvgIpc) is 2.90. The average molecular weight is 307 g/mol. The maximum absolute atomic E-state index is 12.6. The first-order chi connectivity index (χ1) is 11.2. The number of nitrogens with zero attached hydrogens (tertiary/aromatic N) is 2. The fourth-order valence-electron chi connectivity index (χ4n) is 3.85. The Morgan fingerprint density at radius 3 is 2.83 bits per heavy atom. The first kappa shape index (κ1) is 14.4. The molecule has 2 aliphatic rings. The van der Waals surface area contributed by atoms with Crippen molar-refractivity contribution in [2.45, 2.75) is 31.3 Å². The lowest BCUT2D eigenvalue weighted by molar-refractivity contribution is 0.0902. The number of amides is 1. The summed E-state index contributed by atoms with van der Waals surface area (Å²) in [5.74, 6) is 0.0869. The third-order valence-electron chi connectivity index (χ3n) is 5.10. The van der Waals surface area contributed by atoms with Gasteiger partial charge in [-0.15, -0.1) is 0 Å². The summed E-state index contributed by atoms with van der Waals surface area (Å²) in [4.78, 5) is 19.1. The number of nitrogens with one attached hydrogen (secondary N) is 1. The highest BCUT2D eigenvalue weighted by Crippen LogP contribution is 2.31. The van der Waals surface area contributed by atoms with Gasteiger partial charge >= 0.3 is 0 Å². The zero-order valence-corrected chi connectivity index (χ0v) is 13.2. The van der Waals surface area contributed by atoms with E-state index < -0.39 is 0 Å². The first-order valence-corrected chi connectivity index (χ1v) is 8.26. The van der Waals surface area contributed by atoms with E-state index >= 15 is 0 Å². The number of pyridine rings is 1. The van der Waals surface area contributed by atoms with Gasteiger partial charge in [0, 0.05) is 37.6 Å². The molecule has 23 heavy (non-hydrogen) atoms. The second-order valence-electron chi connectivity index (χ2n) is 6.71. The molecule has 1 N–H and O–H groups in total. The van der Waals surface area contributed by atoms with Crippen LogP contribution < -0.4 is 5.32 Å². The number of carbonyl (C=O) groups excluding carboxylic acids is 1. The Balaban J connectivity index is 1.49. The topological polar surface area (TPSA) is 45.2 Å². The number of rotatable bonds is 2. The summed E-state index contributed by atoms with van der Waals surface area (Å²) in [5.41, 5.74) is 3.22. The maximum Gasteiger partial charge on any atom is 0.252 e. The quantitative estimate of drug-likeness (QED) is 0.926. The largest absolute Gasteiger partial charge is 0.345 e. The van der Waals surface area contributed by atoms with Crippen LogP contribution in [0.15, 0.2) is 48.8 Å². The van der Waals surface area contributed by atoms with Gasteiger partial charge in [-0.2, -0.15) is 0 Å². The van der Waals surface area contributed by atoms with Gasteiger partial charge in [-0.3, -0.25) is 14.7 Å². The van der Waals surface area contributed by atoms with E-state index in [0.717, 1.165) is 44.5 Å². The third-order valence-corrected chi connectivity index (χ3v) is 5.10. The Labute approximate surface area is 136 Å². The summed E-state index contributed by atoms with van der Waals surface area (Å²) >= 11 is 0. The van der Waals surface area contributed by atoms with Crippen molar-refractivity contribution in [3.8, 4) is 0 Å². The molecule has 0 bridgehead atoms. The van der Waals surface area contributed by atoms with Gasteiger partial charge in [0.1, 0.15) is 0 Å². The predicted molar refractivity (Wildman–Crippen MR) is 89.1 cm³/mol. The van der Waals surface area contributed by atoms with E-state index in [-0.39, 0.29) is 11.4 Å². The molecule has 1 amide bonds. The predicted octanol–water partition coefficient (Wildman–Crippen LogP) is 2.40. The molecule has 1 spiro atoms. The SMILES string of the molecule is O=C1NC2(CCc3ccccc31)CCN(Cc1ccncc1)C2. The van der Waals surface area contributed by atoms with Crippen LogP contribution in [0, 0.1) is 0 Å². The van der Waals surface area contributed by atoms with Gasteiger partial charge in [0.15, 0.2) is 0 Å². The molecule has 4 heteroatoms. The maximum atomic E-state index is 12.6. The van der Waals surface area contributed by atoms with Crippen LogP contribution in [0.4, 0.5) is 0 Å². The van der Waals surface area contributed by atoms with Crippen molar-refractivity contribution >= 4 is 5.91 Å². The summed E-state index contributed by atoms with van der Waals surface area (Å²) in [5, 5.41) is 3.33. The third kappa shape index (κ3) is 2.86. The Kier molecular flexibility index (Phi) is 3.62. The van der Waals surface area contributed by atoms with Crippen molar-refractivity contribution < 1.29 is 4.79 Å². The van der Waals surface area contributed by atoms with Crippen LogP contribution in [-0.4, -0.2) is 34.4 Å². The second kappa shape index (κ2) is 5.78. The number of fused-ring (bicyclic) bond motifs is 1. The van der Waals surface area contributed by atoms with Gasteiger partial charge < -0.3 is 5.32 Å². The van der Waals surface area contributed by atoms with E-state index in [9.17, 15) is 4.79 Å². The van der Waals surface area contributed by atoms with Crippen LogP contribution in [0.1, 0.15) is 34.3 Å². The van der Waals surface area contributed by atoms with Crippen LogP contribution in [0.2, 0.25) is 0 Å². The lowest BCUT2D eigenvalue weighted by Crippen LogP contribution is -2.49. The fourth-order valence-corrected chi connectivity index (χ4v) is 3.85. The van der Waals surface area contributed by atoms with Crippen LogP contribution >= 0.6 is 0 Å². The second-order valence-corrected chi connectivity index (χ2v) is 6.71. The number of aryl methyl sites for hydroxylation is 1. The molecule has 4 nitrogen and oxygen atoms in total. The summed E-state index contributed by atoms with van der Waals surface area (Å²) in [6, 6.07) is 12.1. The molecule has 0 saturated carbocycles. The fraction of sp³-hybridized carbons (Fsp3) is 0.368. The molecule has 2 aliphatic heterocycles. The van der Waals surface area contributed by atoms with Gasteiger partial charge in [-0.05, 0) is 48.6 Å². The Bertz CT molecular complexity index is 716. The zero-order chi connectivity index (χ0) is 15.7. The van der Waals surface area contributed by atoms with Crippen LogP contribution in [0.5, 0.6) is 0 Å². The van der Waals surface area contributed by atoms with Crippen molar-refractivity contribution in [3.05, 3.63) is 65.5 Å². The van der Waals surface area contributed by atoms with Crippen molar-refractivity contribution in [2.75, 3.05) is 13.1 Å². The highest BCUT2D eigenvalue weighted by Gasteiger charge is 2.40. The van der Waals surface area contributed by atoms with E-state index in [0.29, 0.717) is 0 Å². The van der Waals surface area contributed by atoms with Crippen molar-refractivity contribution in [1.29, 1.82) is 0 Å². The Hall–Kier alpha value is -2.20. The van der Waals surface area contributed by atoms with Crippen LogP contribution in [-0.2, 0) is 13.0 Å². The molecule has 0 aliphatic carbocycles. The molecule has 1 aromatic carbocycles. The van der Waals surface area contributed by atoms with Crippen molar-refractivity contribution in [1.82, 2.24) is 15.2 Å². The van der Waals surface area contributed by atoms with Gasteiger partial charge in [0.2, 0.25) is 0 Å². The van der Waals surface area contributed by atoms with E-state index in [2.05, 4.69) is 33.4 Å². The van der Waals surface area contributed by atoms with Gasteiger partial charge in [-0.25, -0.2) is 0 Å². The monoisotopic (exact) mass is 307 g/mol. The standard InChI is InChI=1S/C19H21N3O/c23-18-17-4-2-1-3-16(17)5-8-19(21-18)9-12-22(14-19)13-15-6-10-20-11-7-15/h1-4,6-7,10-11H,5,8-9,12-14H2,(H,21,23). The number of benzene rings is 1. The molecular weight excluding hydrogens is 286 g/mol. The lowest BCUT2D eigenvalue weighted by Gasteiger charge is -2.29. The van der Waals surface area contributed by atoms with E-state index in [1.807, 2.05) is 30.6 Å². The number of likely N-dealkylation sites (tertiary alicyclic amines) is 1. The summed E-state index contributed by atoms with van der Waals surface area (Å²) in [6.07, 6.45) is 6.69. The molecular formula is C19H21N3O. The van der Waals surface area contributed by atoms with Gasteiger partial charge in [0.25, 0.3) is 5.91 Å². The minimum atomic E-state index is -0.0802. The molecule has 1 atom stereocenters. The minimum absolute atomic E-state index is 0.0802. The Morgan fingerprint density at radius 2 is 1.96 bits per heavy atom. The normalized spacial score (nSPS) is 24.3. The van der Waals surface area contributed by atoms with Crippen LogP contribution in [0.25, 0.3) is 0 Å². The Morgan fingerprint density at radius 1 is 1.13 bits per heavy atom. The summed E-state index contributed by atoms with van der Waals surface area (Å²) in [6.45, 7) is 2.88. The molecule has 1 saturated heterocycles. The van der Waals surface area contributed by atoms with Crippen LogP contribution in [0.3, 0.4) is 0 Å². The molecule has 1 fully saturated rings. The van der Waals surface area contributed by atoms with Gasteiger partial charge in [0.05, 0.1) is 5.54 Å². The summed E-state index contributed by atoms with van der Waals surface area (Å²) < 4.78 is 0. The molecule has 118 valence electrons. The zero-order valence-electron chi connectivity index (χ0n) is 13.2. The first-order valence-electron chi connectivity index (χ1n) is 8.26. The highest BCUT2D eigenvalue weighted by molar-refractivity contribution is 5.96. The summed E-state index contributed by atoms with van der Waals surface area (Å²) in [7, 11) is 0. The number of hydrogen-bond donors (Lipinski definition) is 1. The number of aromatic nitrogens is 1. The molecule has 3 heterocycles. The molecule has 1 unspecified atom stereocenters. The van der Waals surface area contributed by atoms with Crippen molar-refractivity contribution in [2.24, 2.45) is 0 Å². The minimum Gasteiger partial charge on any atom is -0.345 e. The lowest BCUT2D eigenvalue weighted by atomic mass is 9.91. The number of hydrogen-bond acceptors (Lipinski definition) is 3.